The second-order valence-electron chi connectivity index (χ2n) is 9.12. The molecule has 5 rings (SSSR count). The molecule has 0 saturated heterocycles. The molecule has 0 saturated carbocycles. The van der Waals surface area contributed by atoms with Gasteiger partial charge in [-0.2, -0.15) is 5.10 Å². The highest BCUT2D eigenvalue weighted by Gasteiger charge is 2.20. The molecule has 186 valence electrons. The van der Waals surface area contributed by atoms with Crippen LogP contribution in [-0.2, 0) is 13.1 Å². The summed E-state index contributed by atoms with van der Waals surface area (Å²) >= 11 is 1.33. The zero-order valence-electron chi connectivity index (χ0n) is 20.0. The van der Waals surface area contributed by atoms with Gasteiger partial charge in [0.2, 0.25) is 5.95 Å². The fourth-order valence-corrected chi connectivity index (χ4v) is 4.96. The minimum Gasteiger partial charge on any atom is -0.390 e. The van der Waals surface area contributed by atoms with E-state index < -0.39 is 16.7 Å². The van der Waals surface area contributed by atoms with Crippen LogP contribution in [0.3, 0.4) is 0 Å². The Morgan fingerprint density at radius 2 is 2.00 bits per heavy atom. The molecule has 0 aliphatic carbocycles. The Bertz CT molecular complexity index is 1700. The number of aromatic amines is 2. The molecule has 0 spiro atoms. The van der Waals surface area contributed by atoms with E-state index in [1.807, 2.05) is 10.6 Å². The van der Waals surface area contributed by atoms with Gasteiger partial charge in [0.15, 0.2) is 0 Å². The summed E-state index contributed by atoms with van der Waals surface area (Å²) in [6, 6.07) is 7.07. The van der Waals surface area contributed by atoms with Crippen LogP contribution >= 0.6 is 11.3 Å². The summed E-state index contributed by atoms with van der Waals surface area (Å²) in [6.45, 7) is 5.90. The predicted molar refractivity (Wildman–Crippen MR) is 139 cm³/mol. The van der Waals surface area contributed by atoms with Crippen molar-refractivity contribution in [1.29, 1.82) is 0 Å². The molecule has 0 aliphatic heterocycles. The molecule has 0 fully saturated rings. The van der Waals surface area contributed by atoms with Crippen molar-refractivity contribution >= 4 is 45.3 Å². The van der Waals surface area contributed by atoms with Crippen molar-refractivity contribution in [2.75, 3.05) is 5.32 Å². The summed E-state index contributed by atoms with van der Waals surface area (Å²) in [7, 11) is 0. The highest BCUT2D eigenvalue weighted by Crippen LogP contribution is 2.29. The van der Waals surface area contributed by atoms with Gasteiger partial charge in [-0.25, -0.2) is 4.98 Å². The van der Waals surface area contributed by atoms with Crippen molar-refractivity contribution in [1.82, 2.24) is 29.3 Å². The summed E-state index contributed by atoms with van der Waals surface area (Å²) in [5, 5.41) is 19.9. The third-order valence-corrected chi connectivity index (χ3v) is 7.08. The van der Waals surface area contributed by atoms with E-state index in [4.69, 9.17) is 0 Å². The minimum absolute atomic E-state index is 0.306. The first-order valence-electron chi connectivity index (χ1n) is 11.4. The van der Waals surface area contributed by atoms with Crippen LogP contribution in [-0.4, -0.2) is 45.9 Å². The van der Waals surface area contributed by atoms with Crippen LogP contribution in [0.5, 0.6) is 0 Å². The average Bonchev–Trinajstić information content (AvgIpc) is 3.57. The van der Waals surface area contributed by atoms with Crippen LogP contribution in [0.2, 0.25) is 0 Å². The Morgan fingerprint density at radius 1 is 1.19 bits per heavy atom. The maximum Gasteiger partial charge on any atom is 0.316 e. The van der Waals surface area contributed by atoms with Gasteiger partial charge in [0.05, 0.1) is 38.7 Å². The van der Waals surface area contributed by atoms with E-state index >= 15 is 0 Å². The topological polar surface area (TPSA) is 151 Å². The van der Waals surface area contributed by atoms with Gasteiger partial charge < -0.3 is 19.2 Å². The van der Waals surface area contributed by atoms with Crippen molar-refractivity contribution in [3.8, 4) is 10.4 Å². The van der Waals surface area contributed by atoms with Crippen LogP contribution < -0.4 is 16.4 Å². The van der Waals surface area contributed by atoms with Gasteiger partial charge >= 0.3 is 11.1 Å². The smallest absolute Gasteiger partial charge is 0.316 e. The Morgan fingerprint density at radius 3 is 2.69 bits per heavy atom. The number of aromatic nitrogens is 6. The SMILES string of the molecule is CCn1c(=O)c(=O)[nH]c2cc3nc(NC(=O)c4ccc(-c5cn[nH]c5)s4)n(CCC(C)(C)O)c3cc21. The number of amides is 1. The Kier molecular flexibility index (Phi) is 5.85. The second kappa shape index (κ2) is 8.88. The van der Waals surface area contributed by atoms with Crippen LogP contribution in [0, 0.1) is 0 Å². The quantitative estimate of drug-likeness (QED) is 0.249. The number of carbonyl (C=O) groups excluding carboxylic acids is 1. The summed E-state index contributed by atoms with van der Waals surface area (Å²) in [5.74, 6) is -0.0152. The molecule has 1 amide bonds. The number of rotatable bonds is 7. The highest BCUT2D eigenvalue weighted by molar-refractivity contribution is 7.17. The lowest BCUT2D eigenvalue weighted by atomic mass is 10.1. The van der Waals surface area contributed by atoms with Crippen LogP contribution in [0.25, 0.3) is 32.5 Å². The molecule has 0 aliphatic rings. The maximum atomic E-state index is 13.1. The molecular weight excluding hydrogens is 482 g/mol. The monoisotopic (exact) mass is 507 g/mol. The number of nitrogens with one attached hydrogen (secondary N) is 3. The van der Waals surface area contributed by atoms with Crippen molar-refractivity contribution < 1.29 is 9.90 Å². The molecular formula is C24H25N7O4S. The summed E-state index contributed by atoms with van der Waals surface area (Å²) in [5.41, 5.74) is 0.840. The van der Waals surface area contributed by atoms with Crippen molar-refractivity contribution in [2.24, 2.45) is 0 Å². The van der Waals surface area contributed by atoms with E-state index in [0.717, 1.165) is 10.4 Å². The molecule has 12 heteroatoms. The number of imidazole rings is 1. The molecule has 0 radical (unpaired) electrons. The number of fused-ring (bicyclic) bond motifs is 2. The number of thiophene rings is 1. The summed E-state index contributed by atoms with van der Waals surface area (Å²) in [6.07, 6.45) is 3.85. The largest absolute Gasteiger partial charge is 0.390 e. The zero-order valence-corrected chi connectivity index (χ0v) is 20.8. The lowest BCUT2D eigenvalue weighted by Gasteiger charge is -2.18. The van der Waals surface area contributed by atoms with Crippen molar-refractivity contribution in [3.05, 3.63) is 62.2 Å². The second-order valence-corrected chi connectivity index (χ2v) is 10.2. The fraction of sp³-hybridized carbons (Fsp3) is 0.292. The van der Waals surface area contributed by atoms with E-state index in [2.05, 4.69) is 25.5 Å². The summed E-state index contributed by atoms with van der Waals surface area (Å²) < 4.78 is 3.22. The first-order valence-corrected chi connectivity index (χ1v) is 12.3. The molecule has 4 N–H and O–H groups in total. The normalized spacial score (nSPS) is 12.0. The van der Waals surface area contributed by atoms with Gasteiger partial charge in [-0.15, -0.1) is 11.3 Å². The highest BCUT2D eigenvalue weighted by atomic mass is 32.1. The fourth-order valence-electron chi connectivity index (χ4n) is 4.08. The third kappa shape index (κ3) is 4.36. The van der Waals surface area contributed by atoms with E-state index in [0.29, 0.717) is 52.4 Å². The number of nitrogens with zero attached hydrogens (tertiary/aromatic N) is 4. The summed E-state index contributed by atoms with van der Waals surface area (Å²) in [4.78, 5) is 46.3. The number of anilines is 1. The van der Waals surface area contributed by atoms with Crippen LogP contribution in [0.4, 0.5) is 5.95 Å². The molecule has 0 atom stereocenters. The number of aryl methyl sites for hydroxylation is 2. The van der Waals surface area contributed by atoms with Gasteiger partial charge in [0.25, 0.3) is 5.91 Å². The number of hydrogen-bond donors (Lipinski definition) is 4. The molecule has 4 aromatic heterocycles. The molecule has 1 aromatic carbocycles. The molecule has 0 unspecified atom stereocenters. The first-order chi connectivity index (χ1) is 17.1. The molecule has 11 nitrogen and oxygen atoms in total. The number of hydrogen-bond acceptors (Lipinski definition) is 7. The van der Waals surface area contributed by atoms with E-state index in [1.165, 1.54) is 15.9 Å². The van der Waals surface area contributed by atoms with Gasteiger partial charge in [-0.05, 0) is 51.5 Å². The van der Waals surface area contributed by atoms with E-state index in [9.17, 15) is 19.5 Å². The Labute approximate surface area is 208 Å². The van der Waals surface area contributed by atoms with Gasteiger partial charge in [-0.1, -0.05) is 0 Å². The van der Waals surface area contributed by atoms with E-state index in [-0.39, 0.29) is 5.91 Å². The standard InChI is InChI=1S/C24H25N7O4S/c1-4-30-16-10-17-15(9-14(16)27-21(33)22(30)34)28-23(31(17)8-7-24(2,3)35)29-20(32)19-6-5-18(36-19)13-11-25-26-12-13/h5-6,9-12,35H,4,7-8H2,1-3H3,(H,25,26)(H,27,33)(H,28,29,32). The number of benzene rings is 1. The lowest BCUT2D eigenvalue weighted by Crippen LogP contribution is -2.35. The Hall–Kier alpha value is -4.03. The lowest BCUT2D eigenvalue weighted by molar-refractivity contribution is 0.0667. The van der Waals surface area contributed by atoms with Gasteiger partial charge in [-0.3, -0.25) is 24.8 Å². The maximum absolute atomic E-state index is 13.1. The third-order valence-electron chi connectivity index (χ3n) is 5.95. The number of H-pyrrole nitrogens is 2. The number of aliphatic hydroxyl groups is 1. The molecule has 36 heavy (non-hydrogen) atoms. The van der Waals surface area contributed by atoms with Crippen molar-refractivity contribution in [3.63, 3.8) is 0 Å². The van der Waals surface area contributed by atoms with Crippen LogP contribution in [0.15, 0.2) is 46.2 Å². The predicted octanol–water partition coefficient (Wildman–Crippen LogP) is 2.92. The minimum atomic E-state index is -0.946. The van der Waals surface area contributed by atoms with Crippen LogP contribution in [0.1, 0.15) is 36.9 Å². The first kappa shape index (κ1) is 23.7. The average molecular weight is 508 g/mol. The molecule has 0 bridgehead atoms. The number of carbonyl (C=O) groups is 1. The zero-order chi connectivity index (χ0) is 25.6. The molecule has 5 aromatic rings. The molecule has 4 heterocycles. The van der Waals surface area contributed by atoms with E-state index in [1.54, 1.807) is 51.4 Å². The van der Waals surface area contributed by atoms with Gasteiger partial charge in [0, 0.05) is 29.7 Å². The van der Waals surface area contributed by atoms with Crippen molar-refractivity contribution in [2.45, 2.75) is 45.9 Å². The van der Waals surface area contributed by atoms with Gasteiger partial charge in [0.1, 0.15) is 0 Å². The Balaban J connectivity index is 1.59.